The van der Waals surface area contributed by atoms with Gasteiger partial charge in [0.2, 0.25) is 0 Å². The van der Waals surface area contributed by atoms with Crippen molar-refractivity contribution in [2.45, 2.75) is 39.5 Å². The van der Waals surface area contributed by atoms with Gasteiger partial charge in [0.15, 0.2) is 11.7 Å². The van der Waals surface area contributed by atoms with Crippen LogP contribution < -0.4 is 4.74 Å². The summed E-state index contributed by atoms with van der Waals surface area (Å²) in [4.78, 5) is 38.1. The predicted octanol–water partition coefficient (Wildman–Crippen LogP) is 3.43. The molecule has 1 fully saturated rings. The van der Waals surface area contributed by atoms with E-state index in [1.165, 1.54) is 0 Å². The third-order valence-corrected chi connectivity index (χ3v) is 5.04. The Balaban J connectivity index is 2.29. The van der Waals surface area contributed by atoms with Crippen molar-refractivity contribution in [2.75, 3.05) is 20.3 Å². The SMILES string of the molecule is CCOC(=O)C(C(=O)OCC)[C@@H]1CCCC[C@H]1C(=O)c1ccc(OC)cc1. The van der Waals surface area contributed by atoms with Crippen LogP contribution in [-0.4, -0.2) is 38.0 Å². The van der Waals surface area contributed by atoms with Crippen LogP contribution in [0.4, 0.5) is 0 Å². The minimum absolute atomic E-state index is 0.0547. The smallest absolute Gasteiger partial charge is 0.320 e. The summed E-state index contributed by atoms with van der Waals surface area (Å²) in [5.41, 5.74) is 0.555. The molecule has 0 unspecified atom stereocenters. The van der Waals surface area contributed by atoms with E-state index in [1.54, 1.807) is 45.2 Å². The Morgan fingerprint density at radius 2 is 1.52 bits per heavy atom. The van der Waals surface area contributed by atoms with Gasteiger partial charge in [0.1, 0.15) is 5.75 Å². The molecule has 0 aliphatic heterocycles. The summed E-state index contributed by atoms with van der Waals surface area (Å²) in [6.45, 7) is 3.75. The molecule has 6 nitrogen and oxygen atoms in total. The monoisotopic (exact) mass is 376 g/mol. The fourth-order valence-electron chi connectivity index (χ4n) is 3.76. The van der Waals surface area contributed by atoms with E-state index in [0.717, 1.165) is 12.8 Å². The summed E-state index contributed by atoms with van der Waals surface area (Å²) in [6, 6.07) is 6.91. The largest absolute Gasteiger partial charge is 0.497 e. The zero-order chi connectivity index (χ0) is 19.8. The van der Waals surface area contributed by atoms with E-state index in [0.29, 0.717) is 24.2 Å². The van der Waals surface area contributed by atoms with Gasteiger partial charge >= 0.3 is 11.9 Å². The lowest BCUT2D eigenvalue weighted by molar-refractivity contribution is -0.165. The van der Waals surface area contributed by atoms with E-state index in [1.807, 2.05) is 0 Å². The first-order valence-electron chi connectivity index (χ1n) is 9.55. The molecule has 148 valence electrons. The minimum Gasteiger partial charge on any atom is -0.497 e. The zero-order valence-corrected chi connectivity index (χ0v) is 16.2. The van der Waals surface area contributed by atoms with Crippen LogP contribution in [-0.2, 0) is 19.1 Å². The highest BCUT2D eigenvalue weighted by Gasteiger charge is 2.45. The van der Waals surface area contributed by atoms with E-state index >= 15 is 0 Å². The summed E-state index contributed by atoms with van der Waals surface area (Å²) in [7, 11) is 1.57. The van der Waals surface area contributed by atoms with Crippen molar-refractivity contribution < 1.29 is 28.6 Å². The molecule has 1 aromatic rings. The van der Waals surface area contributed by atoms with Gasteiger partial charge in [0.25, 0.3) is 0 Å². The standard InChI is InChI=1S/C21H28O6/c1-4-26-20(23)18(21(24)27-5-2)16-8-6-7-9-17(16)19(22)14-10-12-15(25-3)13-11-14/h10-13,16-18H,4-9H2,1-3H3/t16-,17-/m1/s1. The summed E-state index contributed by atoms with van der Waals surface area (Å²) >= 11 is 0. The number of hydrogen-bond donors (Lipinski definition) is 0. The Morgan fingerprint density at radius 3 is 2.04 bits per heavy atom. The third-order valence-electron chi connectivity index (χ3n) is 5.04. The number of carbonyl (C=O) groups is 3. The van der Waals surface area contributed by atoms with Crippen molar-refractivity contribution in [1.82, 2.24) is 0 Å². The maximum atomic E-state index is 13.1. The molecule has 0 spiro atoms. The Bertz CT molecular complexity index is 633. The molecule has 1 aliphatic rings. The number of benzene rings is 1. The Labute approximate surface area is 160 Å². The fraction of sp³-hybridized carbons (Fsp3) is 0.571. The molecule has 0 N–H and O–H groups in total. The number of Topliss-reactive ketones (excluding diaryl/α,β-unsaturated/α-hetero) is 1. The molecule has 2 rings (SSSR count). The highest BCUT2D eigenvalue weighted by Crippen LogP contribution is 2.38. The molecule has 0 amide bonds. The molecule has 2 atom stereocenters. The van der Waals surface area contributed by atoms with Crippen LogP contribution in [0.15, 0.2) is 24.3 Å². The van der Waals surface area contributed by atoms with Gasteiger partial charge < -0.3 is 14.2 Å². The second-order valence-corrected chi connectivity index (χ2v) is 6.63. The highest BCUT2D eigenvalue weighted by molar-refractivity contribution is 6.00. The lowest BCUT2D eigenvalue weighted by Crippen LogP contribution is -2.41. The summed E-state index contributed by atoms with van der Waals surface area (Å²) in [5.74, 6) is -2.47. The van der Waals surface area contributed by atoms with E-state index in [2.05, 4.69) is 0 Å². The van der Waals surface area contributed by atoms with E-state index in [-0.39, 0.29) is 19.0 Å². The van der Waals surface area contributed by atoms with Crippen molar-refractivity contribution in [3.8, 4) is 5.75 Å². The van der Waals surface area contributed by atoms with Crippen LogP contribution in [0.2, 0.25) is 0 Å². The van der Waals surface area contributed by atoms with E-state index < -0.39 is 29.7 Å². The molecular formula is C21H28O6. The van der Waals surface area contributed by atoms with Gasteiger partial charge in [-0.2, -0.15) is 0 Å². The number of carbonyl (C=O) groups excluding carboxylic acids is 3. The van der Waals surface area contributed by atoms with Crippen LogP contribution in [0.3, 0.4) is 0 Å². The number of esters is 2. The first-order valence-corrected chi connectivity index (χ1v) is 9.55. The second-order valence-electron chi connectivity index (χ2n) is 6.63. The first-order chi connectivity index (χ1) is 13.0. The van der Waals surface area contributed by atoms with Crippen molar-refractivity contribution in [2.24, 2.45) is 17.8 Å². The molecule has 1 aromatic carbocycles. The molecule has 1 aliphatic carbocycles. The number of ether oxygens (including phenoxy) is 3. The van der Waals surface area contributed by atoms with Gasteiger partial charge in [-0.05, 0) is 56.9 Å². The minimum atomic E-state index is -1.06. The molecule has 1 saturated carbocycles. The maximum Gasteiger partial charge on any atom is 0.320 e. The van der Waals surface area contributed by atoms with E-state index in [4.69, 9.17) is 14.2 Å². The molecule has 6 heteroatoms. The lowest BCUT2D eigenvalue weighted by atomic mass is 9.69. The van der Waals surface area contributed by atoms with Crippen LogP contribution in [0, 0.1) is 17.8 Å². The molecular weight excluding hydrogens is 348 g/mol. The highest BCUT2D eigenvalue weighted by atomic mass is 16.6. The van der Waals surface area contributed by atoms with Crippen molar-refractivity contribution in [3.05, 3.63) is 29.8 Å². The van der Waals surface area contributed by atoms with Crippen LogP contribution in [0.1, 0.15) is 49.9 Å². The zero-order valence-electron chi connectivity index (χ0n) is 16.2. The Kier molecular flexibility index (Phi) is 7.82. The van der Waals surface area contributed by atoms with Gasteiger partial charge in [-0.15, -0.1) is 0 Å². The van der Waals surface area contributed by atoms with Crippen molar-refractivity contribution in [3.63, 3.8) is 0 Å². The second kappa shape index (κ2) is 10.1. The van der Waals surface area contributed by atoms with Crippen molar-refractivity contribution >= 4 is 17.7 Å². The van der Waals surface area contributed by atoms with Gasteiger partial charge in [-0.25, -0.2) is 0 Å². The van der Waals surface area contributed by atoms with E-state index in [9.17, 15) is 14.4 Å². The molecule has 0 radical (unpaired) electrons. The quantitative estimate of drug-likeness (QED) is 0.393. The number of hydrogen-bond acceptors (Lipinski definition) is 6. The number of methoxy groups -OCH3 is 1. The summed E-state index contributed by atoms with van der Waals surface area (Å²) < 4.78 is 15.4. The van der Waals surface area contributed by atoms with Crippen molar-refractivity contribution in [1.29, 1.82) is 0 Å². The predicted molar refractivity (Wildman–Crippen MR) is 99.5 cm³/mol. The Morgan fingerprint density at radius 1 is 0.963 bits per heavy atom. The van der Waals surface area contributed by atoms with Crippen LogP contribution in [0.5, 0.6) is 5.75 Å². The van der Waals surface area contributed by atoms with Gasteiger partial charge in [-0.3, -0.25) is 14.4 Å². The summed E-state index contributed by atoms with van der Waals surface area (Å²) in [5, 5.41) is 0. The van der Waals surface area contributed by atoms with Gasteiger partial charge in [-0.1, -0.05) is 12.8 Å². The Hall–Kier alpha value is -2.37. The average Bonchev–Trinajstić information content (AvgIpc) is 2.68. The number of rotatable bonds is 8. The first kappa shape index (κ1) is 20.9. The normalized spacial score (nSPS) is 19.4. The maximum absolute atomic E-state index is 13.1. The molecule has 0 bridgehead atoms. The lowest BCUT2D eigenvalue weighted by Gasteiger charge is -2.34. The summed E-state index contributed by atoms with van der Waals surface area (Å²) in [6.07, 6.45) is 3.02. The van der Waals surface area contributed by atoms with Crippen LogP contribution in [0.25, 0.3) is 0 Å². The third kappa shape index (κ3) is 5.08. The molecule has 27 heavy (non-hydrogen) atoms. The molecule has 0 heterocycles. The van der Waals surface area contributed by atoms with Gasteiger partial charge in [0.05, 0.1) is 20.3 Å². The topological polar surface area (TPSA) is 78.9 Å². The fourth-order valence-corrected chi connectivity index (χ4v) is 3.76. The average molecular weight is 376 g/mol. The van der Waals surface area contributed by atoms with Gasteiger partial charge in [0, 0.05) is 11.5 Å². The molecule has 0 aromatic heterocycles. The number of ketones is 1. The molecule has 0 saturated heterocycles. The van der Waals surface area contributed by atoms with Crippen LogP contribution >= 0.6 is 0 Å².